The summed E-state index contributed by atoms with van der Waals surface area (Å²) in [5.41, 5.74) is 4.43. The average molecular weight is 457 g/mol. The van der Waals surface area contributed by atoms with Gasteiger partial charge in [0.2, 0.25) is 0 Å². The molecule has 5 rings (SSSR count). The fourth-order valence-corrected chi connectivity index (χ4v) is 4.49. The van der Waals surface area contributed by atoms with Crippen molar-refractivity contribution >= 4 is 28.4 Å². The number of hydrogen-bond acceptors (Lipinski definition) is 6. The van der Waals surface area contributed by atoms with E-state index < -0.39 is 0 Å². The van der Waals surface area contributed by atoms with Crippen LogP contribution in [-0.4, -0.2) is 47.1 Å². The summed E-state index contributed by atoms with van der Waals surface area (Å²) in [6.07, 6.45) is 2.54. The molecule has 174 valence electrons. The van der Waals surface area contributed by atoms with Crippen molar-refractivity contribution in [3.63, 3.8) is 0 Å². The van der Waals surface area contributed by atoms with E-state index >= 15 is 0 Å². The van der Waals surface area contributed by atoms with E-state index in [1.165, 1.54) is 5.56 Å². The molecule has 1 N–H and O–H groups in total. The molecule has 4 aromatic rings. The highest BCUT2D eigenvalue weighted by molar-refractivity contribution is 5.95. The summed E-state index contributed by atoms with van der Waals surface area (Å²) in [5, 5.41) is 4.39. The number of nitrogens with one attached hydrogen (secondary N) is 1. The maximum absolute atomic E-state index is 13.4. The number of nitrogens with zero attached hydrogens (tertiary/aromatic N) is 3. The minimum Gasteiger partial charge on any atom is -0.464 e. The zero-order valence-corrected chi connectivity index (χ0v) is 19.5. The number of carbonyl (C=O) groups is 1. The Morgan fingerprint density at radius 2 is 2.03 bits per heavy atom. The molecule has 1 amide bonds. The predicted molar refractivity (Wildman–Crippen MR) is 131 cm³/mol. The predicted octanol–water partition coefficient (Wildman–Crippen LogP) is 4.91. The number of amides is 1. The molecule has 34 heavy (non-hydrogen) atoms. The number of rotatable bonds is 5. The van der Waals surface area contributed by atoms with Crippen LogP contribution in [0.1, 0.15) is 27.4 Å². The van der Waals surface area contributed by atoms with E-state index in [0.717, 1.165) is 28.8 Å². The van der Waals surface area contributed by atoms with Crippen molar-refractivity contribution in [2.75, 3.05) is 31.6 Å². The quantitative estimate of drug-likeness (QED) is 0.459. The molecule has 0 saturated carbocycles. The molecule has 1 aliphatic rings. The first-order valence-corrected chi connectivity index (χ1v) is 11.6. The van der Waals surface area contributed by atoms with E-state index in [-0.39, 0.29) is 11.8 Å². The normalized spacial score (nSPS) is 16.4. The van der Waals surface area contributed by atoms with Crippen LogP contribution in [-0.2, 0) is 11.2 Å². The number of ether oxygens (including phenoxy) is 1. The van der Waals surface area contributed by atoms with Gasteiger partial charge in [-0.25, -0.2) is 9.97 Å². The molecule has 2 aromatic carbocycles. The highest BCUT2D eigenvalue weighted by atomic mass is 16.5. The third-order valence-corrected chi connectivity index (χ3v) is 6.02. The Balaban J connectivity index is 1.29. The first-order valence-electron chi connectivity index (χ1n) is 11.6. The number of aromatic nitrogens is 2. The van der Waals surface area contributed by atoms with Crippen LogP contribution >= 0.6 is 0 Å². The standard InChI is InChI=1S/C27H28N4O3/c1-18-12-26(29-19(2)28-18)30-24-5-3-4-23(15-24)27(32)31-9-11-33-17-21(16-31)13-20-6-7-22-8-10-34-25(22)14-20/h3-8,10,12,14-15,21H,9,11,13,16-17H2,1-2H3,(H,28,29,30). The molecule has 0 spiro atoms. The second kappa shape index (κ2) is 9.65. The van der Waals surface area contributed by atoms with Gasteiger partial charge >= 0.3 is 0 Å². The van der Waals surface area contributed by atoms with E-state index in [1.807, 2.05) is 55.1 Å². The van der Waals surface area contributed by atoms with Crippen LogP contribution in [0.15, 0.2) is 65.3 Å². The van der Waals surface area contributed by atoms with Crippen LogP contribution in [0.25, 0.3) is 11.0 Å². The van der Waals surface area contributed by atoms with Gasteiger partial charge in [-0.3, -0.25) is 4.79 Å². The Morgan fingerprint density at radius 1 is 1.12 bits per heavy atom. The topological polar surface area (TPSA) is 80.5 Å². The number of benzene rings is 2. The lowest BCUT2D eigenvalue weighted by Gasteiger charge is -2.24. The first-order chi connectivity index (χ1) is 16.5. The summed E-state index contributed by atoms with van der Waals surface area (Å²) in [4.78, 5) is 24.1. The largest absolute Gasteiger partial charge is 0.464 e. The van der Waals surface area contributed by atoms with Crippen LogP contribution in [0, 0.1) is 19.8 Å². The maximum Gasteiger partial charge on any atom is 0.254 e. The fraction of sp³-hybridized carbons (Fsp3) is 0.296. The van der Waals surface area contributed by atoms with Crippen molar-refractivity contribution < 1.29 is 13.9 Å². The van der Waals surface area contributed by atoms with Crippen LogP contribution in [0.4, 0.5) is 11.5 Å². The highest BCUT2D eigenvalue weighted by Gasteiger charge is 2.24. The zero-order chi connectivity index (χ0) is 23.5. The molecule has 1 aliphatic heterocycles. The second-order valence-corrected chi connectivity index (χ2v) is 8.84. The van der Waals surface area contributed by atoms with Gasteiger partial charge < -0.3 is 19.4 Å². The Morgan fingerprint density at radius 3 is 2.91 bits per heavy atom. The lowest BCUT2D eigenvalue weighted by Crippen LogP contribution is -2.36. The number of hydrogen-bond donors (Lipinski definition) is 1. The van der Waals surface area contributed by atoms with Gasteiger partial charge in [0.25, 0.3) is 5.91 Å². The third-order valence-electron chi connectivity index (χ3n) is 6.02. The van der Waals surface area contributed by atoms with Crippen LogP contribution in [0.3, 0.4) is 0 Å². The molecule has 3 heterocycles. The van der Waals surface area contributed by atoms with Crippen LogP contribution in [0.5, 0.6) is 0 Å². The molecule has 7 heteroatoms. The van der Waals surface area contributed by atoms with Crippen molar-refractivity contribution in [2.45, 2.75) is 20.3 Å². The van der Waals surface area contributed by atoms with Gasteiger partial charge in [-0.1, -0.05) is 18.2 Å². The third kappa shape index (κ3) is 5.10. The molecular weight excluding hydrogens is 428 g/mol. The van der Waals surface area contributed by atoms with E-state index in [0.29, 0.717) is 43.5 Å². The monoisotopic (exact) mass is 456 g/mol. The highest BCUT2D eigenvalue weighted by Crippen LogP contribution is 2.22. The molecule has 1 saturated heterocycles. The first kappa shape index (κ1) is 22.1. The van der Waals surface area contributed by atoms with Gasteiger partial charge in [0.05, 0.1) is 19.5 Å². The summed E-state index contributed by atoms with van der Waals surface area (Å²) in [7, 11) is 0. The summed E-state index contributed by atoms with van der Waals surface area (Å²) >= 11 is 0. The van der Waals surface area contributed by atoms with Gasteiger partial charge in [0, 0.05) is 47.4 Å². The zero-order valence-electron chi connectivity index (χ0n) is 19.5. The molecule has 7 nitrogen and oxygen atoms in total. The van der Waals surface area contributed by atoms with Crippen molar-refractivity contribution in [1.29, 1.82) is 0 Å². The Kier molecular flexibility index (Phi) is 6.27. The smallest absolute Gasteiger partial charge is 0.254 e. The van der Waals surface area contributed by atoms with Crippen molar-refractivity contribution in [3.8, 4) is 0 Å². The SMILES string of the molecule is Cc1cc(Nc2cccc(C(=O)N3CCOCC(Cc4ccc5ccoc5c4)C3)c2)nc(C)n1. The van der Waals surface area contributed by atoms with E-state index in [2.05, 4.69) is 33.5 Å². The second-order valence-electron chi connectivity index (χ2n) is 8.84. The van der Waals surface area contributed by atoms with Crippen LogP contribution in [0.2, 0.25) is 0 Å². The Labute approximate surface area is 198 Å². The number of anilines is 2. The maximum atomic E-state index is 13.4. The molecule has 0 aliphatic carbocycles. The molecular formula is C27H28N4O3. The number of carbonyl (C=O) groups excluding carboxylic acids is 1. The summed E-state index contributed by atoms with van der Waals surface area (Å²) in [5.74, 6) is 1.64. The molecule has 1 fully saturated rings. The van der Waals surface area contributed by atoms with Crippen molar-refractivity contribution in [1.82, 2.24) is 14.9 Å². The minimum atomic E-state index is 0.00989. The van der Waals surface area contributed by atoms with Gasteiger partial charge in [0.15, 0.2) is 0 Å². The lowest BCUT2D eigenvalue weighted by molar-refractivity contribution is 0.0737. The van der Waals surface area contributed by atoms with Crippen molar-refractivity contribution in [3.05, 3.63) is 83.5 Å². The van der Waals surface area contributed by atoms with Gasteiger partial charge in [-0.05, 0) is 56.2 Å². The number of aryl methyl sites for hydroxylation is 2. The van der Waals surface area contributed by atoms with Crippen LogP contribution < -0.4 is 5.32 Å². The summed E-state index contributed by atoms with van der Waals surface area (Å²) < 4.78 is 11.4. The van der Waals surface area contributed by atoms with E-state index in [1.54, 1.807) is 6.26 Å². The van der Waals surface area contributed by atoms with Gasteiger partial charge in [0.1, 0.15) is 17.2 Å². The molecule has 0 radical (unpaired) electrons. The Hall–Kier alpha value is -3.71. The van der Waals surface area contributed by atoms with Crippen molar-refractivity contribution in [2.24, 2.45) is 5.92 Å². The Bertz CT molecular complexity index is 1300. The lowest BCUT2D eigenvalue weighted by atomic mass is 9.98. The average Bonchev–Trinajstić information content (AvgIpc) is 3.15. The van der Waals surface area contributed by atoms with Gasteiger partial charge in [-0.15, -0.1) is 0 Å². The van der Waals surface area contributed by atoms with E-state index in [9.17, 15) is 4.79 Å². The van der Waals surface area contributed by atoms with E-state index in [4.69, 9.17) is 9.15 Å². The van der Waals surface area contributed by atoms with Gasteiger partial charge in [-0.2, -0.15) is 0 Å². The number of furan rings is 1. The molecule has 2 aromatic heterocycles. The molecule has 0 bridgehead atoms. The molecule has 1 unspecified atom stereocenters. The summed E-state index contributed by atoms with van der Waals surface area (Å²) in [6.45, 7) is 6.20. The minimum absolute atomic E-state index is 0.00989. The number of fused-ring (bicyclic) bond motifs is 1. The fourth-order valence-electron chi connectivity index (χ4n) is 4.49. The molecule has 1 atom stereocenters. The summed E-state index contributed by atoms with van der Waals surface area (Å²) in [6, 6.07) is 17.7.